The van der Waals surface area contributed by atoms with Crippen LogP contribution in [0, 0.1) is 0 Å². The zero-order valence-corrected chi connectivity index (χ0v) is 8.46. The van der Waals surface area contributed by atoms with E-state index in [1.807, 2.05) is 30.3 Å². The Morgan fingerprint density at radius 2 is 1.77 bits per heavy atom. The summed E-state index contributed by atoms with van der Waals surface area (Å²) in [7, 11) is 0. The fourth-order valence-electron chi connectivity index (χ4n) is 1.08. The second-order valence-electron chi connectivity index (χ2n) is 2.91. The Kier molecular flexibility index (Phi) is 5.42. The number of hydrogen-bond acceptors (Lipinski definition) is 1. The third-order valence-electron chi connectivity index (χ3n) is 1.79. The summed E-state index contributed by atoms with van der Waals surface area (Å²) in [5.74, 6) is 1.71. The molecule has 0 spiro atoms. The number of rotatable bonds is 6. The van der Waals surface area contributed by atoms with Crippen molar-refractivity contribution >= 4 is 11.6 Å². The number of ether oxygens (including phenoxy) is 1. The minimum absolute atomic E-state index is 0.755. The number of benzene rings is 1. The highest BCUT2D eigenvalue weighted by atomic mass is 35.5. The van der Waals surface area contributed by atoms with Crippen molar-refractivity contribution in [3.63, 3.8) is 0 Å². The van der Waals surface area contributed by atoms with Gasteiger partial charge in [0.15, 0.2) is 0 Å². The summed E-state index contributed by atoms with van der Waals surface area (Å²) in [5.41, 5.74) is 0. The van der Waals surface area contributed by atoms with Crippen LogP contribution in [0.4, 0.5) is 0 Å². The molecule has 0 aliphatic heterocycles. The molecule has 0 atom stereocenters. The van der Waals surface area contributed by atoms with Gasteiger partial charge in [-0.15, -0.1) is 11.6 Å². The fraction of sp³-hybridized carbons (Fsp3) is 0.455. The molecular weight excluding hydrogens is 184 g/mol. The Labute approximate surface area is 84.7 Å². The van der Waals surface area contributed by atoms with Crippen LogP contribution in [0.2, 0.25) is 0 Å². The van der Waals surface area contributed by atoms with Crippen LogP contribution in [-0.4, -0.2) is 12.5 Å². The third-order valence-corrected chi connectivity index (χ3v) is 2.06. The Balaban J connectivity index is 2.07. The van der Waals surface area contributed by atoms with Crippen molar-refractivity contribution in [3.05, 3.63) is 30.3 Å². The molecule has 0 radical (unpaired) electrons. The summed E-state index contributed by atoms with van der Waals surface area (Å²) in [6, 6.07) is 9.89. The van der Waals surface area contributed by atoms with E-state index in [1.165, 1.54) is 0 Å². The molecule has 0 aromatic heterocycles. The molecular formula is C11H15ClO. The molecule has 0 saturated carbocycles. The minimum Gasteiger partial charge on any atom is -0.494 e. The lowest BCUT2D eigenvalue weighted by atomic mass is 10.3. The van der Waals surface area contributed by atoms with Crippen LogP contribution < -0.4 is 4.74 Å². The zero-order chi connectivity index (χ0) is 9.36. The van der Waals surface area contributed by atoms with E-state index in [4.69, 9.17) is 16.3 Å². The minimum atomic E-state index is 0.755. The molecule has 13 heavy (non-hydrogen) atoms. The lowest BCUT2D eigenvalue weighted by Gasteiger charge is -2.04. The molecule has 2 heteroatoms. The maximum absolute atomic E-state index is 5.56. The highest BCUT2D eigenvalue weighted by molar-refractivity contribution is 6.17. The number of para-hydroxylation sites is 1. The quantitative estimate of drug-likeness (QED) is 0.503. The number of halogens is 1. The molecule has 0 aliphatic carbocycles. The molecule has 0 N–H and O–H groups in total. The standard InChI is InChI=1S/C11H15ClO/c12-9-5-2-6-10-13-11-7-3-1-4-8-11/h1,3-4,7-8H,2,5-6,9-10H2. The van der Waals surface area contributed by atoms with E-state index in [9.17, 15) is 0 Å². The summed E-state index contributed by atoms with van der Waals surface area (Å²) in [5, 5.41) is 0. The molecule has 0 aliphatic rings. The van der Waals surface area contributed by atoms with Gasteiger partial charge in [-0.1, -0.05) is 18.2 Å². The van der Waals surface area contributed by atoms with Gasteiger partial charge in [-0.3, -0.25) is 0 Å². The molecule has 0 unspecified atom stereocenters. The van der Waals surface area contributed by atoms with Gasteiger partial charge in [-0.2, -0.15) is 0 Å². The highest BCUT2D eigenvalue weighted by Gasteiger charge is 1.91. The SMILES string of the molecule is ClCCCCCOc1ccccc1. The molecule has 1 aromatic rings. The van der Waals surface area contributed by atoms with Crippen molar-refractivity contribution in [2.24, 2.45) is 0 Å². The van der Waals surface area contributed by atoms with Gasteiger partial charge in [-0.05, 0) is 31.4 Å². The largest absolute Gasteiger partial charge is 0.494 e. The predicted molar refractivity (Wildman–Crippen MR) is 56.5 cm³/mol. The van der Waals surface area contributed by atoms with Gasteiger partial charge in [0.1, 0.15) is 5.75 Å². The van der Waals surface area contributed by atoms with E-state index in [-0.39, 0.29) is 0 Å². The Morgan fingerprint density at radius 3 is 2.46 bits per heavy atom. The summed E-state index contributed by atoms with van der Waals surface area (Å²) in [4.78, 5) is 0. The molecule has 72 valence electrons. The molecule has 1 aromatic carbocycles. The Bertz CT molecular complexity index is 211. The first-order valence-corrected chi connectivity index (χ1v) is 5.21. The molecule has 0 bridgehead atoms. The maximum atomic E-state index is 5.56. The number of unbranched alkanes of at least 4 members (excludes halogenated alkanes) is 2. The van der Waals surface area contributed by atoms with E-state index in [0.29, 0.717) is 0 Å². The second-order valence-corrected chi connectivity index (χ2v) is 3.29. The van der Waals surface area contributed by atoms with Gasteiger partial charge < -0.3 is 4.74 Å². The van der Waals surface area contributed by atoms with Crippen LogP contribution in [-0.2, 0) is 0 Å². The van der Waals surface area contributed by atoms with Crippen LogP contribution in [0.15, 0.2) is 30.3 Å². The van der Waals surface area contributed by atoms with Crippen molar-refractivity contribution in [1.29, 1.82) is 0 Å². The van der Waals surface area contributed by atoms with Crippen molar-refractivity contribution in [2.75, 3.05) is 12.5 Å². The molecule has 0 amide bonds. The summed E-state index contributed by atoms with van der Waals surface area (Å²) < 4.78 is 5.51. The molecule has 1 nitrogen and oxygen atoms in total. The van der Waals surface area contributed by atoms with Gasteiger partial charge in [0.05, 0.1) is 6.61 Å². The molecule has 0 heterocycles. The van der Waals surface area contributed by atoms with E-state index in [1.54, 1.807) is 0 Å². The lowest BCUT2D eigenvalue weighted by molar-refractivity contribution is 0.306. The van der Waals surface area contributed by atoms with Crippen molar-refractivity contribution in [2.45, 2.75) is 19.3 Å². The van der Waals surface area contributed by atoms with Crippen molar-refractivity contribution in [3.8, 4) is 5.75 Å². The van der Waals surface area contributed by atoms with Gasteiger partial charge in [0.25, 0.3) is 0 Å². The summed E-state index contributed by atoms with van der Waals surface area (Å²) >= 11 is 5.56. The first-order chi connectivity index (χ1) is 6.43. The Hall–Kier alpha value is -0.690. The smallest absolute Gasteiger partial charge is 0.119 e. The maximum Gasteiger partial charge on any atom is 0.119 e. The molecule has 0 saturated heterocycles. The predicted octanol–water partition coefficient (Wildman–Crippen LogP) is 3.47. The average Bonchev–Trinajstić information content (AvgIpc) is 2.19. The van der Waals surface area contributed by atoms with Gasteiger partial charge in [0.2, 0.25) is 0 Å². The first-order valence-electron chi connectivity index (χ1n) is 4.67. The van der Waals surface area contributed by atoms with Gasteiger partial charge >= 0.3 is 0 Å². The van der Waals surface area contributed by atoms with Crippen LogP contribution in [0.1, 0.15) is 19.3 Å². The summed E-state index contributed by atoms with van der Waals surface area (Å²) in [6.07, 6.45) is 3.32. The van der Waals surface area contributed by atoms with E-state index in [0.717, 1.165) is 37.5 Å². The zero-order valence-electron chi connectivity index (χ0n) is 7.71. The van der Waals surface area contributed by atoms with Crippen molar-refractivity contribution < 1.29 is 4.74 Å². The normalized spacial score (nSPS) is 9.92. The number of alkyl halides is 1. The Morgan fingerprint density at radius 1 is 1.00 bits per heavy atom. The van der Waals surface area contributed by atoms with Gasteiger partial charge in [0, 0.05) is 5.88 Å². The number of hydrogen-bond donors (Lipinski definition) is 0. The van der Waals surface area contributed by atoms with Crippen LogP contribution in [0.3, 0.4) is 0 Å². The van der Waals surface area contributed by atoms with Crippen LogP contribution in [0.5, 0.6) is 5.75 Å². The third kappa shape index (κ3) is 4.79. The van der Waals surface area contributed by atoms with E-state index >= 15 is 0 Å². The summed E-state index contributed by atoms with van der Waals surface area (Å²) in [6.45, 7) is 0.793. The first kappa shape index (κ1) is 10.4. The second kappa shape index (κ2) is 6.79. The molecule has 1 rings (SSSR count). The van der Waals surface area contributed by atoms with Crippen LogP contribution in [0.25, 0.3) is 0 Å². The van der Waals surface area contributed by atoms with Crippen LogP contribution >= 0.6 is 11.6 Å². The topological polar surface area (TPSA) is 9.23 Å². The van der Waals surface area contributed by atoms with E-state index in [2.05, 4.69) is 0 Å². The van der Waals surface area contributed by atoms with Crippen molar-refractivity contribution in [1.82, 2.24) is 0 Å². The lowest BCUT2D eigenvalue weighted by Crippen LogP contribution is -1.96. The molecule has 0 fully saturated rings. The van der Waals surface area contributed by atoms with E-state index < -0.39 is 0 Å². The van der Waals surface area contributed by atoms with Gasteiger partial charge in [-0.25, -0.2) is 0 Å². The monoisotopic (exact) mass is 198 g/mol. The fourth-order valence-corrected chi connectivity index (χ4v) is 1.27. The highest BCUT2D eigenvalue weighted by Crippen LogP contribution is 2.09. The average molecular weight is 199 g/mol.